The minimum Gasteiger partial charge on any atom is -0.491 e. The minimum absolute atomic E-state index is 0.00988. The molecule has 3 rings (SSSR count). The van der Waals surface area contributed by atoms with Crippen LogP contribution in [0.1, 0.15) is 18.7 Å². The van der Waals surface area contributed by atoms with Crippen LogP contribution >= 0.6 is 0 Å². The lowest BCUT2D eigenvalue weighted by atomic mass is 10.1. The number of hydrogen-bond acceptors (Lipinski definition) is 4. The second-order valence-electron chi connectivity index (χ2n) is 4.44. The Labute approximate surface area is 110 Å². The molecule has 4 nitrogen and oxygen atoms in total. The van der Waals surface area contributed by atoms with E-state index in [2.05, 4.69) is 9.97 Å². The molecule has 3 aromatic rings. The first kappa shape index (κ1) is 12.7. The predicted molar refractivity (Wildman–Crippen MR) is 65.4 cm³/mol. The number of nitrogens with zero attached hydrogens (tertiary/aromatic N) is 2. The van der Waals surface area contributed by atoms with Gasteiger partial charge in [-0.25, -0.2) is 4.98 Å². The van der Waals surface area contributed by atoms with E-state index in [-0.39, 0.29) is 11.1 Å². The van der Waals surface area contributed by atoms with Gasteiger partial charge in [0, 0.05) is 5.39 Å². The van der Waals surface area contributed by atoms with Gasteiger partial charge in [0.2, 0.25) is 5.58 Å². The Morgan fingerprint density at radius 2 is 1.90 bits per heavy atom. The standard InChI is InChI=1S/C13H9F3N2O2/c1-6(13(14,15)16)11-17-9-7-4-2-3-5-8(7)20-10(9)12(19)18-11/h2-6H,1H3,(H,17,18,19). The third-order valence-electron chi connectivity index (χ3n) is 3.10. The van der Waals surface area contributed by atoms with E-state index < -0.39 is 23.8 Å². The fraction of sp³-hybridized carbons (Fsp3) is 0.231. The van der Waals surface area contributed by atoms with Gasteiger partial charge >= 0.3 is 6.18 Å². The van der Waals surface area contributed by atoms with E-state index in [9.17, 15) is 18.3 Å². The number of hydrogen-bond donors (Lipinski definition) is 1. The summed E-state index contributed by atoms with van der Waals surface area (Å²) in [6, 6.07) is 6.73. The predicted octanol–water partition coefficient (Wildman–Crippen LogP) is 3.75. The van der Waals surface area contributed by atoms with Gasteiger partial charge in [-0.05, 0) is 19.1 Å². The van der Waals surface area contributed by atoms with E-state index in [4.69, 9.17) is 4.42 Å². The van der Waals surface area contributed by atoms with Crippen LogP contribution in [0.2, 0.25) is 0 Å². The average molecular weight is 282 g/mol. The van der Waals surface area contributed by atoms with E-state index in [1.807, 2.05) is 0 Å². The molecule has 0 aliphatic carbocycles. The Morgan fingerprint density at radius 3 is 2.60 bits per heavy atom. The molecule has 0 fully saturated rings. The Bertz CT molecular complexity index is 795. The van der Waals surface area contributed by atoms with Crippen LogP contribution in [0.25, 0.3) is 22.1 Å². The number of rotatable bonds is 1. The zero-order valence-corrected chi connectivity index (χ0v) is 10.3. The van der Waals surface area contributed by atoms with Gasteiger partial charge in [-0.15, -0.1) is 0 Å². The van der Waals surface area contributed by atoms with E-state index >= 15 is 0 Å². The van der Waals surface area contributed by atoms with Crippen molar-refractivity contribution in [2.24, 2.45) is 0 Å². The lowest BCUT2D eigenvalue weighted by Gasteiger charge is -2.13. The first-order valence-corrected chi connectivity index (χ1v) is 5.83. The molecule has 7 heteroatoms. The van der Waals surface area contributed by atoms with Crippen molar-refractivity contribution >= 4 is 22.1 Å². The smallest absolute Gasteiger partial charge is 0.398 e. The summed E-state index contributed by atoms with van der Waals surface area (Å²) < 4.78 is 43.5. The highest BCUT2D eigenvalue weighted by Gasteiger charge is 2.39. The van der Waals surface area contributed by atoms with Crippen molar-refractivity contribution < 1.29 is 22.7 Å². The van der Waals surface area contributed by atoms with Crippen molar-refractivity contribution in [1.82, 2.24) is 9.97 Å². The number of para-hydroxylation sites is 1. The Kier molecular flexibility index (Phi) is 2.60. The van der Waals surface area contributed by atoms with Crippen molar-refractivity contribution in [3.8, 4) is 5.88 Å². The molecule has 0 radical (unpaired) electrons. The molecule has 0 amide bonds. The molecule has 0 saturated carbocycles. The second-order valence-corrected chi connectivity index (χ2v) is 4.44. The number of fused-ring (bicyclic) bond motifs is 3. The monoisotopic (exact) mass is 282 g/mol. The summed E-state index contributed by atoms with van der Waals surface area (Å²) in [6.07, 6.45) is -4.47. The van der Waals surface area contributed by atoms with Crippen LogP contribution in [0.15, 0.2) is 28.7 Å². The SMILES string of the molecule is CC(c1nc(O)c2oc3ccccc3c2n1)C(F)(F)F. The molecule has 20 heavy (non-hydrogen) atoms. The highest BCUT2D eigenvalue weighted by molar-refractivity contribution is 6.03. The number of halogens is 3. The molecule has 0 spiro atoms. The Morgan fingerprint density at radius 1 is 1.20 bits per heavy atom. The van der Waals surface area contributed by atoms with E-state index in [0.717, 1.165) is 6.92 Å². The van der Waals surface area contributed by atoms with Crippen molar-refractivity contribution in [2.75, 3.05) is 0 Å². The zero-order valence-electron chi connectivity index (χ0n) is 10.3. The van der Waals surface area contributed by atoms with Crippen LogP contribution in [0.5, 0.6) is 5.88 Å². The number of aromatic nitrogens is 2. The average Bonchev–Trinajstić information content (AvgIpc) is 2.76. The van der Waals surface area contributed by atoms with Crippen molar-refractivity contribution in [1.29, 1.82) is 0 Å². The third-order valence-corrected chi connectivity index (χ3v) is 3.10. The second kappa shape index (κ2) is 4.09. The van der Waals surface area contributed by atoms with Gasteiger partial charge in [0.1, 0.15) is 22.8 Å². The zero-order chi connectivity index (χ0) is 14.5. The number of alkyl halides is 3. The topological polar surface area (TPSA) is 59.2 Å². The number of benzene rings is 1. The third kappa shape index (κ3) is 1.86. The van der Waals surface area contributed by atoms with Gasteiger partial charge in [-0.2, -0.15) is 18.2 Å². The lowest BCUT2D eigenvalue weighted by Crippen LogP contribution is -2.20. The molecule has 0 saturated heterocycles. The molecular formula is C13H9F3N2O2. The Balaban J connectivity index is 2.30. The normalized spacial score (nSPS) is 14.0. The van der Waals surface area contributed by atoms with Crippen molar-refractivity contribution in [3.05, 3.63) is 30.1 Å². The highest BCUT2D eigenvalue weighted by Crippen LogP contribution is 2.37. The Hall–Kier alpha value is -2.31. The quantitative estimate of drug-likeness (QED) is 0.738. The molecule has 0 bridgehead atoms. The summed E-state index contributed by atoms with van der Waals surface area (Å²) >= 11 is 0. The van der Waals surface area contributed by atoms with Gasteiger partial charge in [-0.3, -0.25) is 0 Å². The summed E-state index contributed by atoms with van der Waals surface area (Å²) in [5.41, 5.74) is 0.604. The van der Waals surface area contributed by atoms with E-state index in [1.165, 1.54) is 0 Å². The first-order chi connectivity index (χ1) is 9.38. The molecule has 104 valence electrons. The lowest BCUT2D eigenvalue weighted by molar-refractivity contribution is -0.147. The molecule has 1 N–H and O–H groups in total. The van der Waals surface area contributed by atoms with E-state index in [1.54, 1.807) is 24.3 Å². The fourth-order valence-corrected chi connectivity index (χ4v) is 1.93. The van der Waals surface area contributed by atoms with Crippen LogP contribution in [-0.4, -0.2) is 21.3 Å². The summed E-state index contributed by atoms with van der Waals surface area (Å²) in [5.74, 6) is -2.93. The fourth-order valence-electron chi connectivity index (χ4n) is 1.93. The van der Waals surface area contributed by atoms with Crippen LogP contribution in [0.3, 0.4) is 0 Å². The molecule has 2 aromatic heterocycles. The maximum Gasteiger partial charge on any atom is 0.398 e. The van der Waals surface area contributed by atoms with Gasteiger partial charge < -0.3 is 9.52 Å². The molecule has 1 aromatic carbocycles. The largest absolute Gasteiger partial charge is 0.491 e. The maximum absolute atomic E-state index is 12.7. The summed E-state index contributed by atoms with van der Waals surface area (Å²) in [6.45, 7) is 0.947. The summed E-state index contributed by atoms with van der Waals surface area (Å²) in [5, 5.41) is 10.3. The van der Waals surface area contributed by atoms with E-state index in [0.29, 0.717) is 11.0 Å². The first-order valence-electron chi connectivity index (χ1n) is 5.83. The molecular weight excluding hydrogens is 273 g/mol. The van der Waals surface area contributed by atoms with Crippen LogP contribution < -0.4 is 0 Å². The van der Waals surface area contributed by atoms with Crippen LogP contribution in [-0.2, 0) is 0 Å². The molecule has 1 unspecified atom stereocenters. The molecule has 2 heterocycles. The molecule has 0 aliphatic rings. The van der Waals surface area contributed by atoms with Crippen LogP contribution in [0, 0.1) is 0 Å². The van der Waals surface area contributed by atoms with Gasteiger partial charge in [0.15, 0.2) is 0 Å². The summed E-state index contributed by atoms with van der Waals surface area (Å²) in [4.78, 5) is 7.40. The van der Waals surface area contributed by atoms with Crippen LogP contribution in [0.4, 0.5) is 13.2 Å². The summed E-state index contributed by atoms with van der Waals surface area (Å²) in [7, 11) is 0. The number of aromatic hydroxyl groups is 1. The molecule has 1 atom stereocenters. The maximum atomic E-state index is 12.7. The minimum atomic E-state index is -4.47. The van der Waals surface area contributed by atoms with Crippen molar-refractivity contribution in [2.45, 2.75) is 19.0 Å². The van der Waals surface area contributed by atoms with Gasteiger partial charge in [0.25, 0.3) is 5.88 Å². The van der Waals surface area contributed by atoms with Crippen molar-refractivity contribution in [3.63, 3.8) is 0 Å². The molecule has 0 aliphatic heterocycles. The van der Waals surface area contributed by atoms with Gasteiger partial charge in [-0.1, -0.05) is 12.1 Å². The number of furan rings is 1. The highest BCUT2D eigenvalue weighted by atomic mass is 19.4. The van der Waals surface area contributed by atoms with Gasteiger partial charge in [0.05, 0.1) is 0 Å².